The van der Waals surface area contributed by atoms with Gasteiger partial charge in [-0.3, -0.25) is 6.08 Å². The monoisotopic (exact) mass is 692 g/mol. The van der Waals surface area contributed by atoms with Gasteiger partial charge in [0, 0.05) is 0 Å². The van der Waals surface area contributed by atoms with Crippen LogP contribution in [-0.2, 0) is 41.5 Å². The molecule has 0 spiro atoms. The minimum absolute atomic E-state index is 0. The first-order chi connectivity index (χ1) is 18.5. The Morgan fingerprint density at radius 1 is 0.833 bits per heavy atom. The number of rotatable bonds is 2. The molecule has 0 fully saturated rings. The average molecular weight is 695 g/mol. The third-order valence-electron chi connectivity index (χ3n) is 7.50. The van der Waals surface area contributed by atoms with Gasteiger partial charge in [-0.1, -0.05) is 105 Å². The second-order valence-corrected chi connectivity index (χ2v) is 20.0. The first-order valence-corrected chi connectivity index (χ1v) is 19.5. The maximum absolute atomic E-state index is 3.67. The summed E-state index contributed by atoms with van der Waals surface area (Å²) in [6.45, 7) is 25.2. The summed E-state index contributed by atoms with van der Waals surface area (Å²) < 4.78 is 2.17. The van der Waals surface area contributed by atoms with Crippen LogP contribution >= 0.6 is 0 Å². The molecule has 0 bridgehead atoms. The predicted octanol–water partition coefficient (Wildman–Crippen LogP) is 4.23. The molecule has 0 aliphatic heterocycles. The summed E-state index contributed by atoms with van der Waals surface area (Å²) in [6, 6.07) is 25.5. The molecular formula is C38H48Cl2SiZr-2. The Balaban J connectivity index is 0.000000354. The van der Waals surface area contributed by atoms with Crippen LogP contribution in [0.1, 0.15) is 83.2 Å². The van der Waals surface area contributed by atoms with Gasteiger partial charge in [0.25, 0.3) is 0 Å². The molecule has 3 aromatic carbocycles. The Labute approximate surface area is 285 Å². The van der Waals surface area contributed by atoms with Gasteiger partial charge in [-0.05, 0) is 36.5 Å². The number of fused-ring (bicyclic) bond motifs is 3. The van der Waals surface area contributed by atoms with Gasteiger partial charge in [0.15, 0.2) is 0 Å². The summed E-state index contributed by atoms with van der Waals surface area (Å²) in [5.74, 6) is 0.553. The third kappa shape index (κ3) is 10.4. The van der Waals surface area contributed by atoms with Gasteiger partial charge in [0.05, 0.1) is 0 Å². The van der Waals surface area contributed by atoms with Gasteiger partial charge in [-0.15, -0.1) is 11.1 Å². The van der Waals surface area contributed by atoms with Gasteiger partial charge >= 0.3 is 63.8 Å². The van der Waals surface area contributed by atoms with Crippen LogP contribution in [0.15, 0.2) is 77.5 Å². The van der Waals surface area contributed by atoms with Crippen molar-refractivity contribution in [1.29, 1.82) is 0 Å². The molecule has 2 aliphatic rings. The number of benzene rings is 3. The first kappa shape index (κ1) is 38.7. The SMILES string of the molecule is CC(C)(C)c1[c-]c2c(cc1)-c1ccc(C(C)(C)C)cc1C2.CC1=[C-]C(C)C=C1[Si](C)(C)C.[Cl-].[Cl-].[Zr+2]=[CH]c1ccccc1. The second-order valence-electron chi connectivity index (χ2n) is 14.3. The quantitative estimate of drug-likeness (QED) is 0.218. The fourth-order valence-corrected chi connectivity index (χ4v) is 7.65. The van der Waals surface area contributed by atoms with E-state index in [1.165, 1.54) is 68.8 Å². The molecule has 1 atom stereocenters. The van der Waals surface area contributed by atoms with E-state index in [4.69, 9.17) is 0 Å². The molecule has 2 aliphatic carbocycles. The van der Waals surface area contributed by atoms with Gasteiger partial charge in [0.2, 0.25) is 0 Å². The fourth-order valence-electron chi connectivity index (χ4n) is 5.23. The van der Waals surface area contributed by atoms with Gasteiger partial charge in [0.1, 0.15) is 0 Å². The summed E-state index contributed by atoms with van der Waals surface area (Å²) in [5, 5.41) is 1.60. The number of hydrogen-bond acceptors (Lipinski definition) is 0. The standard InChI is InChI=1S/C21H25.C10H17Si.C7H6.2ClH.Zr/c1-20(2,3)16-7-9-18-14(12-16)11-15-13-17(21(4,5)6)8-10-19(15)18;1-8-6-9(2)10(7-8)11(3,4)5;1-7-5-3-2-4-6-7;;;/h7-10,12H,11H2,1-6H3;7-8H,1-5H3;1-6H;2*1H;/q2*-1;;;;+2/p-2. The molecule has 0 saturated carbocycles. The number of hydrogen-bond donors (Lipinski definition) is 0. The zero-order valence-corrected chi connectivity index (χ0v) is 32.4. The summed E-state index contributed by atoms with van der Waals surface area (Å²) in [5.41, 5.74) is 11.4. The Morgan fingerprint density at radius 2 is 1.43 bits per heavy atom. The van der Waals surface area contributed by atoms with Crippen LogP contribution in [0, 0.1) is 18.1 Å². The summed E-state index contributed by atoms with van der Waals surface area (Å²) >= 11 is 1.46. The molecule has 224 valence electrons. The van der Waals surface area contributed by atoms with E-state index in [0.717, 1.165) is 6.42 Å². The van der Waals surface area contributed by atoms with Gasteiger partial charge in [-0.25, -0.2) is 10.8 Å². The molecule has 1 unspecified atom stereocenters. The fraction of sp³-hybridized carbons (Fsp3) is 0.395. The van der Waals surface area contributed by atoms with Gasteiger partial charge < -0.3 is 24.8 Å². The van der Waals surface area contributed by atoms with E-state index in [1.54, 1.807) is 5.20 Å². The van der Waals surface area contributed by atoms with Crippen molar-refractivity contribution in [3.8, 4) is 11.1 Å². The number of allylic oxidation sites excluding steroid dienone is 4. The molecule has 0 aromatic heterocycles. The summed E-state index contributed by atoms with van der Waals surface area (Å²) in [7, 11) is -1.07. The van der Waals surface area contributed by atoms with Crippen molar-refractivity contribution in [2.45, 2.75) is 92.3 Å². The molecular weight excluding hydrogens is 647 g/mol. The molecule has 0 nitrogen and oxygen atoms in total. The molecule has 42 heavy (non-hydrogen) atoms. The Hall–Kier alpha value is -1.31. The van der Waals surface area contributed by atoms with Crippen LogP contribution in [0.25, 0.3) is 11.1 Å². The molecule has 3 aromatic rings. The van der Waals surface area contributed by atoms with Crippen LogP contribution in [0.5, 0.6) is 0 Å². The first-order valence-electron chi connectivity index (χ1n) is 14.6. The zero-order chi connectivity index (χ0) is 29.9. The maximum atomic E-state index is 3.67. The van der Waals surface area contributed by atoms with Crippen molar-refractivity contribution in [2.75, 3.05) is 0 Å². The third-order valence-corrected chi connectivity index (χ3v) is 10.5. The predicted molar refractivity (Wildman–Crippen MR) is 176 cm³/mol. The van der Waals surface area contributed by atoms with Crippen LogP contribution in [0.3, 0.4) is 0 Å². The van der Waals surface area contributed by atoms with Gasteiger partial charge in [-0.2, -0.15) is 29.8 Å². The average Bonchev–Trinajstić information content (AvgIpc) is 3.42. The molecule has 4 heteroatoms. The molecule has 5 rings (SSSR count). The minimum atomic E-state index is -1.07. The molecule has 0 amide bonds. The van der Waals surface area contributed by atoms with Crippen molar-refractivity contribution in [2.24, 2.45) is 5.92 Å². The van der Waals surface area contributed by atoms with Crippen molar-refractivity contribution >= 4 is 11.8 Å². The van der Waals surface area contributed by atoms with E-state index < -0.39 is 8.07 Å². The van der Waals surface area contributed by atoms with Crippen LogP contribution in [0.2, 0.25) is 19.6 Å². The van der Waals surface area contributed by atoms with Crippen LogP contribution in [-0.4, -0.2) is 11.8 Å². The van der Waals surface area contributed by atoms with Crippen molar-refractivity contribution < 1.29 is 49.0 Å². The van der Waals surface area contributed by atoms with Crippen molar-refractivity contribution in [3.05, 3.63) is 117 Å². The zero-order valence-electron chi connectivity index (χ0n) is 27.5. The second kappa shape index (κ2) is 15.6. The van der Waals surface area contributed by atoms with E-state index in [1.807, 2.05) is 6.07 Å². The Morgan fingerprint density at radius 3 is 1.86 bits per heavy atom. The topological polar surface area (TPSA) is 0 Å². The van der Waals surface area contributed by atoms with Crippen molar-refractivity contribution in [1.82, 2.24) is 0 Å². The van der Waals surface area contributed by atoms with E-state index in [9.17, 15) is 0 Å². The molecule has 0 radical (unpaired) electrons. The molecule has 0 N–H and O–H groups in total. The summed E-state index contributed by atoms with van der Waals surface area (Å²) in [4.78, 5) is 0. The van der Waals surface area contributed by atoms with Crippen LogP contribution in [0.4, 0.5) is 0 Å². The van der Waals surface area contributed by atoms with E-state index in [2.05, 4.69) is 152 Å². The summed E-state index contributed by atoms with van der Waals surface area (Å²) in [6.07, 6.45) is 6.83. The Kier molecular flexibility index (Phi) is 14.4. The molecule has 0 saturated heterocycles. The van der Waals surface area contributed by atoms with E-state index >= 15 is 0 Å². The Bertz CT molecular complexity index is 1340. The molecule has 0 heterocycles. The number of halogens is 2. The van der Waals surface area contributed by atoms with Crippen molar-refractivity contribution in [3.63, 3.8) is 0 Å². The van der Waals surface area contributed by atoms with E-state index in [-0.39, 0.29) is 35.6 Å². The normalized spacial score (nSPS) is 15.2. The van der Waals surface area contributed by atoms with Crippen LogP contribution < -0.4 is 24.8 Å². The van der Waals surface area contributed by atoms with E-state index in [0.29, 0.717) is 5.92 Å².